The van der Waals surface area contributed by atoms with Gasteiger partial charge in [-0.05, 0) is 31.9 Å². The molecular formula is C17H27NOS. The maximum Gasteiger partial charge on any atom is 0.123 e. The van der Waals surface area contributed by atoms with Crippen molar-refractivity contribution in [2.24, 2.45) is 5.92 Å². The molecule has 1 aliphatic carbocycles. The van der Waals surface area contributed by atoms with E-state index in [1.54, 1.807) is 7.11 Å². The third-order valence-corrected chi connectivity index (χ3v) is 5.68. The summed E-state index contributed by atoms with van der Waals surface area (Å²) in [5.41, 5.74) is 1.27. The minimum atomic E-state index is 0.369. The Morgan fingerprint density at radius 3 is 2.85 bits per heavy atom. The highest BCUT2D eigenvalue weighted by Crippen LogP contribution is 2.35. The van der Waals surface area contributed by atoms with Crippen LogP contribution in [0.5, 0.6) is 5.75 Å². The minimum Gasteiger partial charge on any atom is -0.496 e. The highest BCUT2D eigenvalue weighted by Gasteiger charge is 2.21. The van der Waals surface area contributed by atoms with Crippen LogP contribution in [0.4, 0.5) is 0 Å². The molecular weight excluding hydrogens is 266 g/mol. The summed E-state index contributed by atoms with van der Waals surface area (Å²) in [6, 6.07) is 8.71. The highest BCUT2D eigenvalue weighted by molar-refractivity contribution is 7.99. The number of para-hydroxylation sites is 1. The molecule has 0 amide bonds. The number of rotatable bonds is 6. The van der Waals surface area contributed by atoms with Gasteiger partial charge in [0.15, 0.2) is 0 Å². The summed E-state index contributed by atoms with van der Waals surface area (Å²) < 4.78 is 5.49. The number of nitrogens with one attached hydrogen (secondary N) is 1. The first-order valence-corrected chi connectivity index (χ1v) is 8.71. The van der Waals surface area contributed by atoms with E-state index in [-0.39, 0.29) is 0 Å². The van der Waals surface area contributed by atoms with Crippen molar-refractivity contribution in [3.05, 3.63) is 29.8 Å². The lowest BCUT2D eigenvalue weighted by molar-refractivity contribution is 0.393. The van der Waals surface area contributed by atoms with Crippen molar-refractivity contribution < 1.29 is 4.74 Å². The van der Waals surface area contributed by atoms with E-state index in [9.17, 15) is 0 Å². The normalized spacial score (nSPS) is 24.4. The molecule has 0 radical (unpaired) electrons. The van der Waals surface area contributed by atoms with E-state index >= 15 is 0 Å². The molecule has 3 unspecified atom stereocenters. The number of hydrogen-bond acceptors (Lipinski definition) is 3. The Balaban J connectivity index is 1.95. The summed E-state index contributed by atoms with van der Waals surface area (Å²) >= 11 is 2.13. The van der Waals surface area contributed by atoms with Gasteiger partial charge in [0.1, 0.15) is 5.75 Å². The summed E-state index contributed by atoms with van der Waals surface area (Å²) in [7, 11) is 3.79. The van der Waals surface area contributed by atoms with Gasteiger partial charge in [0.05, 0.1) is 7.11 Å². The molecule has 1 saturated carbocycles. The molecule has 1 aliphatic rings. The molecule has 0 aromatic heterocycles. The lowest BCUT2D eigenvalue weighted by Crippen LogP contribution is -2.22. The summed E-state index contributed by atoms with van der Waals surface area (Å²) in [4.78, 5) is 0. The number of thioether (sulfide) groups is 1. The summed E-state index contributed by atoms with van der Waals surface area (Å²) in [5.74, 6) is 3.01. The van der Waals surface area contributed by atoms with Crippen LogP contribution in [-0.2, 0) is 0 Å². The topological polar surface area (TPSA) is 21.3 Å². The molecule has 0 saturated heterocycles. The van der Waals surface area contributed by atoms with Crippen LogP contribution >= 0.6 is 11.8 Å². The summed E-state index contributed by atoms with van der Waals surface area (Å²) in [5, 5.41) is 4.28. The molecule has 2 rings (SSSR count). The molecule has 2 nitrogen and oxygen atoms in total. The zero-order chi connectivity index (χ0) is 14.4. The van der Waals surface area contributed by atoms with Crippen molar-refractivity contribution in [3.8, 4) is 5.75 Å². The second-order valence-corrected chi connectivity index (χ2v) is 7.14. The van der Waals surface area contributed by atoms with Crippen molar-refractivity contribution >= 4 is 11.8 Å². The van der Waals surface area contributed by atoms with Crippen LogP contribution in [0, 0.1) is 5.92 Å². The Morgan fingerprint density at radius 2 is 2.15 bits per heavy atom. The van der Waals surface area contributed by atoms with E-state index in [4.69, 9.17) is 4.74 Å². The molecule has 112 valence electrons. The van der Waals surface area contributed by atoms with Crippen molar-refractivity contribution in [2.75, 3.05) is 19.9 Å². The van der Waals surface area contributed by atoms with Gasteiger partial charge in [0.25, 0.3) is 0 Å². The number of hydrogen-bond donors (Lipinski definition) is 1. The SMILES string of the molecule is CNC(CSC1CCCC(C)C1)c1ccccc1OC. The van der Waals surface area contributed by atoms with Crippen LogP contribution < -0.4 is 10.1 Å². The largest absolute Gasteiger partial charge is 0.496 e. The smallest absolute Gasteiger partial charge is 0.123 e. The van der Waals surface area contributed by atoms with Crippen LogP contribution in [0.15, 0.2) is 24.3 Å². The second kappa shape index (κ2) is 7.94. The third-order valence-electron chi connectivity index (χ3n) is 4.25. The van der Waals surface area contributed by atoms with Gasteiger partial charge in [-0.1, -0.05) is 38.0 Å². The van der Waals surface area contributed by atoms with Gasteiger partial charge in [0, 0.05) is 22.6 Å². The molecule has 1 aromatic rings. The Labute approximate surface area is 127 Å². The Bertz CT molecular complexity index is 410. The first kappa shape index (κ1) is 15.7. The molecule has 3 heteroatoms. The number of benzene rings is 1. The van der Waals surface area contributed by atoms with Crippen LogP contribution in [-0.4, -0.2) is 25.2 Å². The number of methoxy groups -OCH3 is 1. The molecule has 20 heavy (non-hydrogen) atoms. The summed E-state index contributed by atoms with van der Waals surface area (Å²) in [6.45, 7) is 2.39. The van der Waals surface area contributed by atoms with Crippen LogP contribution in [0.25, 0.3) is 0 Å². The maximum absolute atomic E-state index is 5.49. The Morgan fingerprint density at radius 1 is 1.35 bits per heavy atom. The molecule has 1 aromatic carbocycles. The zero-order valence-electron chi connectivity index (χ0n) is 12.9. The fraction of sp³-hybridized carbons (Fsp3) is 0.647. The number of ether oxygens (including phenoxy) is 1. The van der Waals surface area contributed by atoms with Gasteiger partial charge in [-0.2, -0.15) is 11.8 Å². The van der Waals surface area contributed by atoms with Crippen LogP contribution in [0.3, 0.4) is 0 Å². The molecule has 0 bridgehead atoms. The van der Waals surface area contributed by atoms with Gasteiger partial charge in [-0.15, -0.1) is 0 Å². The van der Waals surface area contributed by atoms with Gasteiger partial charge < -0.3 is 10.1 Å². The third kappa shape index (κ3) is 4.16. The van der Waals surface area contributed by atoms with Crippen molar-refractivity contribution in [1.29, 1.82) is 0 Å². The molecule has 0 spiro atoms. The summed E-state index contributed by atoms with van der Waals surface area (Å²) in [6.07, 6.45) is 5.58. The van der Waals surface area contributed by atoms with Crippen LogP contribution in [0.2, 0.25) is 0 Å². The van der Waals surface area contributed by atoms with Gasteiger partial charge in [0.2, 0.25) is 0 Å². The fourth-order valence-electron chi connectivity index (χ4n) is 3.05. The van der Waals surface area contributed by atoms with E-state index in [1.807, 2.05) is 19.2 Å². The van der Waals surface area contributed by atoms with E-state index in [0.717, 1.165) is 22.7 Å². The van der Waals surface area contributed by atoms with Crippen molar-refractivity contribution in [1.82, 2.24) is 5.32 Å². The average Bonchev–Trinajstić information content (AvgIpc) is 2.48. The standard InChI is InChI=1S/C17H27NOS/c1-13-7-6-8-14(11-13)20-12-16(18-2)15-9-4-5-10-17(15)19-3/h4-5,9-10,13-14,16,18H,6-8,11-12H2,1-3H3. The molecule has 0 aliphatic heterocycles. The maximum atomic E-state index is 5.49. The van der Waals surface area contributed by atoms with Gasteiger partial charge in [-0.25, -0.2) is 0 Å². The average molecular weight is 293 g/mol. The molecule has 1 fully saturated rings. The van der Waals surface area contributed by atoms with E-state index in [0.29, 0.717) is 6.04 Å². The quantitative estimate of drug-likeness (QED) is 0.846. The zero-order valence-corrected chi connectivity index (χ0v) is 13.7. The predicted molar refractivity (Wildman–Crippen MR) is 88.7 cm³/mol. The lowest BCUT2D eigenvalue weighted by atomic mass is 9.91. The van der Waals surface area contributed by atoms with Crippen molar-refractivity contribution in [3.63, 3.8) is 0 Å². The monoisotopic (exact) mass is 293 g/mol. The first-order valence-electron chi connectivity index (χ1n) is 7.66. The van der Waals surface area contributed by atoms with Gasteiger partial charge >= 0.3 is 0 Å². The molecule has 0 heterocycles. The van der Waals surface area contributed by atoms with Crippen molar-refractivity contribution in [2.45, 2.75) is 43.9 Å². The van der Waals surface area contributed by atoms with E-state index in [2.05, 4.69) is 36.1 Å². The van der Waals surface area contributed by atoms with Gasteiger partial charge in [-0.3, -0.25) is 0 Å². The predicted octanol–water partition coefficient (Wildman–Crippen LogP) is 4.27. The molecule has 1 N–H and O–H groups in total. The lowest BCUT2D eigenvalue weighted by Gasteiger charge is -2.28. The minimum absolute atomic E-state index is 0.369. The Kier molecular flexibility index (Phi) is 6.24. The fourth-order valence-corrected chi connectivity index (χ4v) is 4.65. The Hall–Kier alpha value is -0.670. The second-order valence-electron chi connectivity index (χ2n) is 5.81. The van der Waals surface area contributed by atoms with Crippen LogP contribution in [0.1, 0.15) is 44.2 Å². The highest BCUT2D eigenvalue weighted by atomic mass is 32.2. The molecule has 3 atom stereocenters. The first-order chi connectivity index (χ1) is 9.74. The van der Waals surface area contributed by atoms with E-state index in [1.165, 1.54) is 31.2 Å². The van der Waals surface area contributed by atoms with E-state index < -0.39 is 0 Å².